The Hall–Kier alpha value is -2.00. The van der Waals surface area contributed by atoms with Crippen LogP contribution >= 0.6 is 0 Å². The normalized spacial score (nSPS) is 26.6. The third-order valence-corrected chi connectivity index (χ3v) is 3.73. The molecule has 2 fully saturated rings. The molecule has 9 heteroatoms. The molecule has 0 bridgehead atoms. The van der Waals surface area contributed by atoms with E-state index < -0.39 is 24.0 Å². The lowest BCUT2D eigenvalue weighted by atomic mass is 10.2. The van der Waals surface area contributed by atoms with Gasteiger partial charge in [-0.25, -0.2) is 4.68 Å². The van der Waals surface area contributed by atoms with Crippen LogP contribution in [0.3, 0.4) is 0 Å². The van der Waals surface area contributed by atoms with Crippen molar-refractivity contribution in [3.8, 4) is 0 Å². The molecule has 3 heterocycles. The van der Waals surface area contributed by atoms with Gasteiger partial charge in [-0.1, -0.05) is 5.21 Å². The molecule has 9 nitrogen and oxygen atoms in total. The molecule has 2 aliphatic rings. The summed E-state index contributed by atoms with van der Waals surface area (Å²) >= 11 is 0. The van der Waals surface area contributed by atoms with Crippen LogP contribution in [-0.2, 0) is 4.79 Å². The lowest BCUT2D eigenvalue weighted by Gasteiger charge is -2.26. The maximum Gasteiger partial charge on any atom is 0.276 e. The lowest BCUT2D eigenvalue weighted by molar-refractivity contribution is -0.121. The number of primary amides is 1. The first-order chi connectivity index (χ1) is 9.56. The van der Waals surface area contributed by atoms with Gasteiger partial charge in [-0.3, -0.25) is 9.59 Å². The van der Waals surface area contributed by atoms with E-state index in [0.29, 0.717) is 0 Å². The number of rotatable bonds is 3. The summed E-state index contributed by atoms with van der Waals surface area (Å²) < 4.78 is 1.63. The Kier molecular flexibility index (Phi) is 3.14. The number of nitrogens with one attached hydrogen (secondary N) is 1. The minimum atomic E-state index is -0.784. The van der Waals surface area contributed by atoms with Crippen molar-refractivity contribution in [3.63, 3.8) is 0 Å². The molecule has 1 aromatic heterocycles. The monoisotopic (exact) mass is 280 g/mol. The predicted molar refractivity (Wildman–Crippen MR) is 66.6 cm³/mol. The number of hydrogen-bond acceptors (Lipinski definition) is 6. The number of aromatic nitrogens is 3. The highest BCUT2D eigenvalue weighted by Crippen LogP contribution is 2.20. The second kappa shape index (κ2) is 4.84. The largest absolute Gasteiger partial charge is 0.391 e. The maximum atomic E-state index is 12.3. The summed E-state index contributed by atoms with van der Waals surface area (Å²) in [6.07, 6.45) is 1.00. The molecule has 108 valence electrons. The van der Waals surface area contributed by atoms with Crippen LogP contribution in [0.2, 0.25) is 0 Å². The lowest BCUT2D eigenvalue weighted by Crippen LogP contribution is -2.44. The number of nitrogens with two attached hydrogens (primary N) is 1. The molecule has 0 spiro atoms. The van der Waals surface area contributed by atoms with Gasteiger partial charge in [0.25, 0.3) is 5.91 Å². The molecule has 1 aromatic rings. The zero-order chi connectivity index (χ0) is 14.3. The van der Waals surface area contributed by atoms with E-state index in [4.69, 9.17) is 5.73 Å². The maximum absolute atomic E-state index is 12.3. The van der Waals surface area contributed by atoms with Crippen LogP contribution in [0.5, 0.6) is 0 Å². The molecule has 20 heavy (non-hydrogen) atoms. The Bertz CT molecular complexity index is 540. The summed E-state index contributed by atoms with van der Waals surface area (Å²) in [7, 11) is 0. The summed E-state index contributed by atoms with van der Waals surface area (Å²) in [4.78, 5) is 24.9. The fourth-order valence-corrected chi connectivity index (χ4v) is 2.47. The van der Waals surface area contributed by atoms with E-state index in [2.05, 4.69) is 15.6 Å². The molecule has 2 saturated heterocycles. The van der Waals surface area contributed by atoms with Gasteiger partial charge in [0.05, 0.1) is 18.3 Å². The van der Waals surface area contributed by atoms with Gasteiger partial charge in [-0.2, -0.15) is 0 Å². The van der Waals surface area contributed by atoms with Gasteiger partial charge in [0, 0.05) is 26.1 Å². The van der Waals surface area contributed by atoms with Crippen LogP contribution in [0.15, 0.2) is 6.20 Å². The van der Waals surface area contributed by atoms with E-state index in [1.165, 1.54) is 4.90 Å². The smallest absolute Gasteiger partial charge is 0.276 e. The zero-order valence-corrected chi connectivity index (χ0v) is 10.8. The third kappa shape index (κ3) is 2.14. The number of β-amino-alcohol motifs (C(OH)–C–C–N with tert-alkyl or cyclic N) is 1. The van der Waals surface area contributed by atoms with Crippen LogP contribution in [0.1, 0.15) is 23.0 Å². The molecule has 0 saturated carbocycles. The molecule has 0 radical (unpaired) electrons. The number of amides is 2. The number of carbonyl (C=O) groups is 2. The first-order valence-electron chi connectivity index (χ1n) is 6.47. The molecule has 4 N–H and O–H groups in total. The Morgan fingerprint density at radius 1 is 1.45 bits per heavy atom. The molecule has 2 unspecified atom stereocenters. The van der Waals surface area contributed by atoms with Crippen molar-refractivity contribution in [3.05, 3.63) is 11.9 Å². The van der Waals surface area contributed by atoms with Crippen LogP contribution < -0.4 is 11.1 Å². The van der Waals surface area contributed by atoms with Crippen LogP contribution in [0.25, 0.3) is 0 Å². The second-order valence-corrected chi connectivity index (χ2v) is 5.16. The highest BCUT2D eigenvalue weighted by atomic mass is 16.3. The standard InChI is InChI=1S/C11H16N6O3/c12-10(19)9-1-7(18)4-16(9)11(20)8-5-17(15-14-8)6-2-13-3-6/h5-7,9,13,18H,1-4H2,(H2,12,19). The van der Waals surface area contributed by atoms with Crippen molar-refractivity contribution in [1.82, 2.24) is 25.2 Å². The SMILES string of the molecule is NC(=O)C1CC(O)CN1C(=O)c1cn(C2CNC2)nn1. The summed E-state index contributed by atoms with van der Waals surface area (Å²) in [6.45, 7) is 1.68. The van der Waals surface area contributed by atoms with Gasteiger partial charge in [-0.05, 0) is 0 Å². The van der Waals surface area contributed by atoms with E-state index in [1.54, 1.807) is 10.9 Å². The minimum Gasteiger partial charge on any atom is -0.391 e. The number of nitrogens with zero attached hydrogens (tertiary/aromatic N) is 4. The Morgan fingerprint density at radius 3 is 2.80 bits per heavy atom. The molecular weight excluding hydrogens is 264 g/mol. The van der Waals surface area contributed by atoms with Gasteiger partial charge in [0.2, 0.25) is 5.91 Å². The van der Waals surface area contributed by atoms with Crippen LogP contribution in [0, 0.1) is 0 Å². The Morgan fingerprint density at radius 2 is 2.20 bits per heavy atom. The number of aliphatic hydroxyl groups excluding tert-OH is 1. The molecule has 2 amide bonds. The number of likely N-dealkylation sites (tertiary alicyclic amines) is 1. The van der Waals surface area contributed by atoms with E-state index in [9.17, 15) is 14.7 Å². The number of aliphatic hydroxyl groups is 1. The highest BCUT2D eigenvalue weighted by Gasteiger charge is 2.39. The van der Waals surface area contributed by atoms with Crippen molar-refractivity contribution in [2.45, 2.75) is 24.6 Å². The molecule has 3 rings (SSSR count). The van der Waals surface area contributed by atoms with Crippen molar-refractivity contribution < 1.29 is 14.7 Å². The van der Waals surface area contributed by atoms with Gasteiger partial charge < -0.3 is 21.1 Å². The van der Waals surface area contributed by atoms with Gasteiger partial charge >= 0.3 is 0 Å². The molecule has 2 atom stereocenters. The fourth-order valence-electron chi connectivity index (χ4n) is 2.47. The van der Waals surface area contributed by atoms with Crippen LogP contribution in [-0.4, -0.2) is 68.6 Å². The molecular formula is C11H16N6O3. The van der Waals surface area contributed by atoms with E-state index in [1.807, 2.05) is 0 Å². The van der Waals surface area contributed by atoms with E-state index >= 15 is 0 Å². The first-order valence-corrected chi connectivity index (χ1v) is 6.47. The predicted octanol–water partition coefficient (Wildman–Crippen LogP) is -2.52. The number of carbonyl (C=O) groups excluding carboxylic acids is 2. The van der Waals surface area contributed by atoms with Crippen LogP contribution in [0.4, 0.5) is 0 Å². The quantitative estimate of drug-likeness (QED) is 0.561. The van der Waals surface area contributed by atoms with Gasteiger partial charge in [-0.15, -0.1) is 5.10 Å². The Labute approximate surface area is 114 Å². The fraction of sp³-hybridized carbons (Fsp3) is 0.636. The first kappa shape index (κ1) is 13.0. The summed E-state index contributed by atoms with van der Waals surface area (Å²) in [5.41, 5.74) is 5.42. The summed E-state index contributed by atoms with van der Waals surface area (Å²) in [5.74, 6) is -1.05. The molecule has 0 aliphatic carbocycles. The second-order valence-electron chi connectivity index (χ2n) is 5.16. The average molecular weight is 280 g/mol. The van der Waals surface area contributed by atoms with Crippen molar-refractivity contribution in [2.75, 3.05) is 19.6 Å². The number of hydrogen-bond donors (Lipinski definition) is 3. The van der Waals surface area contributed by atoms with E-state index in [-0.39, 0.29) is 24.7 Å². The van der Waals surface area contributed by atoms with Crippen molar-refractivity contribution >= 4 is 11.8 Å². The summed E-state index contributed by atoms with van der Waals surface area (Å²) in [6, 6.07) is -0.576. The molecule has 2 aliphatic heterocycles. The third-order valence-electron chi connectivity index (χ3n) is 3.73. The zero-order valence-electron chi connectivity index (χ0n) is 10.8. The summed E-state index contributed by atoms with van der Waals surface area (Å²) in [5, 5.41) is 20.5. The topological polar surface area (TPSA) is 126 Å². The van der Waals surface area contributed by atoms with E-state index in [0.717, 1.165) is 13.1 Å². The van der Waals surface area contributed by atoms with Crippen molar-refractivity contribution in [2.24, 2.45) is 5.73 Å². The molecule has 0 aromatic carbocycles. The van der Waals surface area contributed by atoms with Gasteiger partial charge in [0.1, 0.15) is 6.04 Å². The van der Waals surface area contributed by atoms with Gasteiger partial charge in [0.15, 0.2) is 5.69 Å². The average Bonchev–Trinajstić information content (AvgIpc) is 2.93. The Balaban J connectivity index is 1.77. The highest BCUT2D eigenvalue weighted by molar-refractivity contribution is 5.96. The van der Waals surface area contributed by atoms with Crippen molar-refractivity contribution in [1.29, 1.82) is 0 Å². The minimum absolute atomic E-state index is 0.0876.